The fourth-order valence-corrected chi connectivity index (χ4v) is 5.21. The first-order valence-electron chi connectivity index (χ1n) is 13.0. The number of amides is 2. The minimum Gasteiger partial charge on any atom is -0.497 e. The Labute approximate surface area is 217 Å². The van der Waals surface area contributed by atoms with Crippen LogP contribution in [0.3, 0.4) is 0 Å². The molecule has 0 saturated carbocycles. The number of hydrogen-bond acceptors (Lipinski definition) is 6. The van der Waals surface area contributed by atoms with Crippen molar-refractivity contribution in [1.29, 1.82) is 0 Å². The first-order chi connectivity index (χ1) is 17.8. The van der Waals surface area contributed by atoms with Crippen LogP contribution >= 0.6 is 0 Å². The van der Waals surface area contributed by atoms with Crippen molar-refractivity contribution in [2.75, 3.05) is 33.3 Å². The minimum absolute atomic E-state index is 0.0799. The Kier molecular flexibility index (Phi) is 7.17. The molecule has 1 aromatic heterocycles. The lowest BCUT2D eigenvalue weighted by atomic mass is 10.0. The van der Waals surface area contributed by atoms with Gasteiger partial charge in [-0.15, -0.1) is 0 Å². The van der Waals surface area contributed by atoms with E-state index in [9.17, 15) is 14.7 Å². The molecule has 2 N–H and O–H groups in total. The van der Waals surface area contributed by atoms with Gasteiger partial charge in [-0.2, -0.15) is 0 Å². The first-order valence-corrected chi connectivity index (χ1v) is 13.0. The number of likely N-dealkylation sites (tertiary alicyclic amines) is 2. The lowest BCUT2D eigenvalue weighted by Crippen LogP contribution is -2.53. The number of aromatic nitrogens is 2. The number of methoxy groups -OCH3 is 1. The summed E-state index contributed by atoms with van der Waals surface area (Å²) in [6.07, 6.45) is 1.29. The van der Waals surface area contributed by atoms with Crippen molar-refractivity contribution < 1.29 is 19.4 Å². The highest BCUT2D eigenvalue weighted by atomic mass is 16.5. The molecule has 2 aliphatic heterocycles. The predicted molar refractivity (Wildman–Crippen MR) is 141 cm³/mol. The van der Waals surface area contributed by atoms with Gasteiger partial charge in [-0.25, -0.2) is 4.98 Å². The smallest absolute Gasteiger partial charge is 0.287 e. The standard InChI is InChI=1S/C28H35N5O4/c1-18(2)31-12-10-20(11-13-31)29-27(35)26-30-25-23(28(36)32-16-21(34)17-32)8-5-9-24(25)33(26)15-19-6-4-7-22(14-19)37-3/h4-9,14,18,20-21,34H,10-13,15-17H2,1-3H3,(H,29,35). The molecule has 37 heavy (non-hydrogen) atoms. The number of fused-ring (bicyclic) bond motifs is 1. The number of piperidine rings is 1. The van der Waals surface area contributed by atoms with Gasteiger partial charge in [-0.05, 0) is 56.5 Å². The van der Waals surface area contributed by atoms with Crippen molar-refractivity contribution in [3.8, 4) is 5.75 Å². The molecule has 0 bridgehead atoms. The van der Waals surface area contributed by atoms with Crippen LogP contribution in [0.5, 0.6) is 5.75 Å². The Bertz CT molecular complexity index is 1290. The van der Waals surface area contributed by atoms with Crippen molar-refractivity contribution in [2.45, 2.75) is 51.4 Å². The van der Waals surface area contributed by atoms with Crippen LogP contribution in [0.25, 0.3) is 11.0 Å². The molecule has 0 aliphatic carbocycles. The highest BCUT2D eigenvalue weighted by Gasteiger charge is 2.32. The Morgan fingerprint density at radius 1 is 1.14 bits per heavy atom. The highest BCUT2D eigenvalue weighted by Crippen LogP contribution is 2.26. The van der Waals surface area contributed by atoms with Crippen molar-refractivity contribution in [1.82, 2.24) is 24.7 Å². The fraction of sp³-hybridized carbons (Fsp3) is 0.464. The van der Waals surface area contributed by atoms with E-state index in [1.54, 1.807) is 18.1 Å². The third kappa shape index (κ3) is 5.19. The van der Waals surface area contributed by atoms with Gasteiger partial charge in [0, 0.05) is 44.8 Å². The number of nitrogens with one attached hydrogen (secondary N) is 1. The van der Waals surface area contributed by atoms with E-state index >= 15 is 0 Å². The van der Waals surface area contributed by atoms with Crippen LogP contribution in [0.2, 0.25) is 0 Å². The van der Waals surface area contributed by atoms with Gasteiger partial charge >= 0.3 is 0 Å². The molecular formula is C28H35N5O4. The molecule has 196 valence electrons. The lowest BCUT2D eigenvalue weighted by Gasteiger charge is -2.35. The van der Waals surface area contributed by atoms with Gasteiger partial charge in [-0.1, -0.05) is 18.2 Å². The van der Waals surface area contributed by atoms with Gasteiger partial charge in [0.05, 0.1) is 24.3 Å². The zero-order valence-electron chi connectivity index (χ0n) is 21.7. The van der Waals surface area contributed by atoms with Gasteiger partial charge < -0.3 is 29.5 Å². The van der Waals surface area contributed by atoms with Crippen molar-refractivity contribution >= 4 is 22.8 Å². The van der Waals surface area contributed by atoms with Crippen LogP contribution in [-0.4, -0.2) is 87.7 Å². The van der Waals surface area contributed by atoms with Crippen LogP contribution in [0.1, 0.15) is 53.2 Å². The number of carbonyl (C=O) groups is 2. The van der Waals surface area contributed by atoms with E-state index in [1.165, 1.54) is 0 Å². The molecule has 2 aliphatic rings. The molecule has 0 unspecified atom stereocenters. The summed E-state index contributed by atoms with van der Waals surface area (Å²) in [5.41, 5.74) is 2.61. The first kappa shape index (κ1) is 25.2. The van der Waals surface area contributed by atoms with Gasteiger partial charge in [0.15, 0.2) is 5.82 Å². The van der Waals surface area contributed by atoms with Crippen molar-refractivity contribution in [3.05, 3.63) is 59.4 Å². The maximum absolute atomic E-state index is 13.6. The van der Waals surface area contributed by atoms with E-state index in [2.05, 4.69) is 24.1 Å². The SMILES string of the molecule is COc1cccc(Cn2c(C(=O)NC3CCN(C(C)C)CC3)nc3c(C(=O)N4CC(O)C4)cccc32)c1. The molecule has 9 nitrogen and oxygen atoms in total. The van der Waals surface area contributed by atoms with E-state index in [4.69, 9.17) is 9.72 Å². The number of ether oxygens (including phenoxy) is 1. The number of carbonyl (C=O) groups excluding carboxylic acids is 2. The van der Waals surface area contributed by atoms with Crippen LogP contribution in [0.4, 0.5) is 0 Å². The third-order valence-electron chi connectivity index (χ3n) is 7.43. The van der Waals surface area contributed by atoms with E-state index < -0.39 is 6.10 Å². The molecule has 0 atom stereocenters. The fourth-order valence-electron chi connectivity index (χ4n) is 5.21. The second-order valence-corrected chi connectivity index (χ2v) is 10.3. The number of hydrogen-bond donors (Lipinski definition) is 2. The quantitative estimate of drug-likeness (QED) is 0.512. The molecule has 5 rings (SSSR count). The van der Waals surface area contributed by atoms with Gasteiger partial charge in [0.1, 0.15) is 11.3 Å². The van der Waals surface area contributed by atoms with E-state index in [1.807, 2.05) is 41.0 Å². The van der Waals surface area contributed by atoms with E-state index in [0.29, 0.717) is 36.8 Å². The topological polar surface area (TPSA) is 99.9 Å². The second kappa shape index (κ2) is 10.5. The van der Waals surface area contributed by atoms with Crippen molar-refractivity contribution in [3.63, 3.8) is 0 Å². The predicted octanol–water partition coefficient (Wildman–Crippen LogP) is 2.51. The summed E-state index contributed by atoms with van der Waals surface area (Å²) in [7, 11) is 1.62. The molecule has 2 aromatic carbocycles. The van der Waals surface area contributed by atoms with Crippen LogP contribution in [0.15, 0.2) is 42.5 Å². The minimum atomic E-state index is -0.489. The monoisotopic (exact) mass is 505 g/mol. The summed E-state index contributed by atoms with van der Waals surface area (Å²) in [5.74, 6) is 0.597. The Hall–Kier alpha value is -3.43. The molecule has 0 spiro atoms. The van der Waals surface area contributed by atoms with Gasteiger partial charge in [0.2, 0.25) is 0 Å². The maximum atomic E-state index is 13.6. The lowest BCUT2D eigenvalue weighted by molar-refractivity contribution is 0.00601. The molecule has 2 fully saturated rings. The summed E-state index contributed by atoms with van der Waals surface area (Å²) in [6.45, 7) is 7.30. The average Bonchev–Trinajstić information content (AvgIpc) is 3.25. The summed E-state index contributed by atoms with van der Waals surface area (Å²) >= 11 is 0. The van der Waals surface area contributed by atoms with E-state index in [0.717, 1.165) is 42.8 Å². The number of aliphatic hydroxyl groups is 1. The normalized spacial score (nSPS) is 17.3. The summed E-state index contributed by atoms with van der Waals surface area (Å²) in [4.78, 5) is 35.5. The zero-order chi connectivity index (χ0) is 26.1. The Morgan fingerprint density at radius 3 is 2.54 bits per heavy atom. The number of para-hydroxylation sites is 1. The molecular weight excluding hydrogens is 470 g/mol. The number of aliphatic hydroxyl groups excluding tert-OH is 1. The van der Waals surface area contributed by atoms with Crippen LogP contribution in [0, 0.1) is 0 Å². The molecule has 3 heterocycles. The molecule has 3 aromatic rings. The number of benzene rings is 2. The molecule has 2 amide bonds. The number of β-amino-alcohol motifs (C(OH)–C–C–N with tert-alkyl or cyclic N) is 1. The molecule has 0 radical (unpaired) electrons. The third-order valence-corrected chi connectivity index (χ3v) is 7.43. The number of rotatable bonds is 7. The summed E-state index contributed by atoms with van der Waals surface area (Å²) in [5, 5.41) is 12.9. The summed E-state index contributed by atoms with van der Waals surface area (Å²) in [6, 6.07) is 13.7. The number of imidazole rings is 1. The Balaban J connectivity index is 1.48. The zero-order valence-corrected chi connectivity index (χ0v) is 21.7. The summed E-state index contributed by atoms with van der Waals surface area (Å²) < 4.78 is 7.27. The van der Waals surface area contributed by atoms with E-state index in [-0.39, 0.29) is 23.7 Å². The second-order valence-electron chi connectivity index (χ2n) is 10.3. The van der Waals surface area contributed by atoms with Gasteiger partial charge in [-0.3, -0.25) is 9.59 Å². The molecule has 2 saturated heterocycles. The van der Waals surface area contributed by atoms with Gasteiger partial charge in [0.25, 0.3) is 11.8 Å². The van der Waals surface area contributed by atoms with Crippen LogP contribution in [-0.2, 0) is 6.54 Å². The number of nitrogens with zero attached hydrogens (tertiary/aromatic N) is 4. The maximum Gasteiger partial charge on any atom is 0.287 e. The van der Waals surface area contributed by atoms with Crippen LogP contribution < -0.4 is 10.1 Å². The largest absolute Gasteiger partial charge is 0.497 e. The highest BCUT2D eigenvalue weighted by molar-refractivity contribution is 6.07. The molecule has 9 heteroatoms. The van der Waals surface area contributed by atoms with Crippen molar-refractivity contribution in [2.24, 2.45) is 0 Å². The average molecular weight is 506 g/mol. The Morgan fingerprint density at radius 2 is 1.86 bits per heavy atom.